The van der Waals surface area contributed by atoms with Crippen LogP contribution in [-0.4, -0.2) is 19.1 Å². The predicted octanol–water partition coefficient (Wildman–Crippen LogP) is 4.41. The van der Waals surface area contributed by atoms with Crippen molar-refractivity contribution in [2.24, 2.45) is 0 Å². The SMILES string of the molecule is COc1ccc(Cl)cc1NC(=O)[C@@H](C)Oc1cccc(Cl)c1. The Morgan fingerprint density at radius 2 is 1.86 bits per heavy atom. The summed E-state index contributed by atoms with van der Waals surface area (Å²) < 4.78 is 10.7. The number of amides is 1. The standard InChI is InChI=1S/C16H15Cl2NO3/c1-10(22-13-5-3-4-11(17)8-13)16(20)19-14-9-12(18)6-7-15(14)21-2/h3-10H,1-2H3,(H,19,20)/t10-/m1/s1. The lowest BCUT2D eigenvalue weighted by Gasteiger charge is -2.16. The van der Waals surface area contributed by atoms with Crippen LogP contribution in [0.5, 0.6) is 11.5 Å². The van der Waals surface area contributed by atoms with E-state index < -0.39 is 6.10 Å². The van der Waals surface area contributed by atoms with Crippen molar-refractivity contribution in [2.75, 3.05) is 12.4 Å². The molecule has 0 heterocycles. The van der Waals surface area contributed by atoms with Crippen molar-refractivity contribution in [3.63, 3.8) is 0 Å². The number of halogens is 2. The van der Waals surface area contributed by atoms with Gasteiger partial charge in [0.25, 0.3) is 5.91 Å². The third-order valence-corrected chi connectivity index (χ3v) is 3.37. The lowest BCUT2D eigenvalue weighted by molar-refractivity contribution is -0.122. The van der Waals surface area contributed by atoms with Gasteiger partial charge in [-0.05, 0) is 43.3 Å². The van der Waals surface area contributed by atoms with Crippen LogP contribution >= 0.6 is 23.2 Å². The largest absolute Gasteiger partial charge is 0.495 e. The number of rotatable bonds is 5. The molecule has 0 aliphatic rings. The Bertz CT molecular complexity index is 676. The van der Waals surface area contributed by atoms with Gasteiger partial charge in [0.05, 0.1) is 12.8 Å². The summed E-state index contributed by atoms with van der Waals surface area (Å²) in [6.45, 7) is 1.65. The van der Waals surface area contributed by atoms with Crippen LogP contribution < -0.4 is 14.8 Å². The van der Waals surface area contributed by atoms with Crippen molar-refractivity contribution in [3.05, 3.63) is 52.5 Å². The van der Waals surface area contributed by atoms with E-state index in [1.807, 2.05) is 0 Å². The number of hydrogen-bond donors (Lipinski definition) is 1. The van der Waals surface area contributed by atoms with Crippen LogP contribution in [0.1, 0.15) is 6.92 Å². The Morgan fingerprint density at radius 1 is 1.14 bits per heavy atom. The molecule has 4 nitrogen and oxygen atoms in total. The second kappa shape index (κ2) is 7.38. The second-order valence-corrected chi connectivity index (χ2v) is 5.42. The minimum absolute atomic E-state index is 0.319. The summed E-state index contributed by atoms with van der Waals surface area (Å²) in [5.41, 5.74) is 0.488. The van der Waals surface area contributed by atoms with Crippen molar-refractivity contribution in [2.45, 2.75) is 13.0 Å². The molecule has 0 radical (unpaired) electrons. The summed E-state index contributed by atoms with van der Waals surface area (Å²) >= 11 is 11.8. The van der Waals surface area contributed by atoms with E-state index >= 15 is 0 Å². The number of anilines is 1. The molecule has 0 unspecified atom stereocenters. The Morgan fingerprint density at radius 3 is 2.55 bits per heavy atom. The topological polar surface area (TPSA) is 47.6 Å². The van der Waals surface area contributed by atoms with Crippen LogP contribution in [0.2, 0.25) is 10.0 Å². The Hall–Kier alpha value is -1.91. The van der Waals surface area contributed by atoms with Gasteiger partial charge in [-0.3, -0.25) is 4.79 Å². The van der Waals surface area contributed by atoms with Crippen LogP contribution in [0.3, 0.4) is 0 Å². The summed E-state index contributed by atoms with van der Waals surface area (Å²) in [6.07, 6.45) is -0.706. The van der Waals surface area contributed by atoms with Crippen LogP contribution in [-0.2, 0) is 4.79 Å². The maximum Gasteiger partial charge on any atom is 0.265 e. The first-order chi connectivity index (χ1) is 10.5. The highest BCUT2D eigenvalue weighted by molar-refractivity contribution is 6.31. The molecule has 0 bridgehead atoms. The lowest BCUT2D eigenvalue weighted by Crippen LogP contribution is -2.30. The quantitative estimate of drug-likeness (QED) is 0.877. The number of nitrogens with one attached hydrogen (secondary N) is 1. The molecule has 0 spiro atoms. The number of benzene rings is 2. The van der Waals surface area contributed by atoms with Gasteiger partial charge in [0, 0.05) is 10.0 Å². The van der Waals surface area contributed by atoms with Crippen LogP contribution in [0.15, 0.2) is 42.5 Å². The normalized spacial score (nSPS) is 11.6. The number of hydrogen-bond acceptors (Lipinski definition) is 3. The van der Waals surface area contributed by atoms with Gasteiger partial charge in [-0.1, -0.05) is 29.3 Å². The summed E-state index contributed by atoms with van der Waals surface area (Å²) in [4.78, 5) is 12.2. The van der Waals surface area contributed by atoms with Crippen molar-refractivity contribution in [1.82, 2.24) is 0 Å². The first-order valence-electron chi connectivity index (χ1n) is 6.56. The van der Waals surface area contributed by atoms with Crippen LogP contribution in [0.25, 0.3) is 0 Å². The van der Waals surface area contributed by atoms with Crippen LogP contribution in [0.4, 0.5) is 5.69 Å². The van der Waals surface area contributed by atoms with E-state index in [1.54, 1.807) is 49.4 Å². The average molecular weight is 340 g/mol. The summed E-state index contributed by atoms with van der Waals surface area (Å²) in [5, 5.41) is 3.77. The van der Waals surface area contributed by atoms with Crippen molar-refractivity contribution >= 4 is 34.8 Å². The van der Waals surface area contributed by atoms with Crippen LogP contribution in [0, 0.1) is 0 Å². The fourth-order valence-electron chi connectivity index (χ4n) is 1.81. The molecule has 6 heteroatoms. The molecule has 2 aromatic rings. The molecule has 1 atom stereocenters. The molecule has 0 aliphatic carbocycles. The van der Waals surface area contributed by atoms with Crippen molar-refractivity contribution in [1.29, 1.82) is 0 Å². The first-order valence-corrected chi connectivity index (χ1v) is 7.32. The fraction of sp³-hybridized carbons (Fsp3) is 0.188. The summed E-state index contributed by atoms with van der Waals surface area (Å²) in [7, 11) is 1.52. The molecule has 0 aromatic heterocycles. The summed E-state index contributed by atoms with van der Waals surface area (Å²) in [6, 6.07) is 11.8. The monoisotopic (exact) mass is 339 g/mol. The maximum absolute atomic E-state index is 12.2. The predicted molar refractivity (Wildman–Crippen MR) is 88.2 cm³/mol. The van der Waals surface area contributed by atoms with E-state index in [-0.39, 0.29) is 5.91 Å². The molecule has 2 rings (SSSR count). The van der Waals surface area contributed by atoms with Crippen molar-refractivity contribution in [3.8, 4) is 11.5 Å². The second-order valence-electron chi connectivity index (χ2n) is 4.55. The van der Waals surface area contributed by atoms with E-state index in [2.05, 4.69) is 5.32 Å². The molecule has 0 saturated carbocycles. The van der Waals surface area contributed by atoms with Gasteiger partial charge in [-0.15, -0.1) is 0 Å². The minimum Gasteiger partial charge on any atom is -0.495 e. The summed E-state index contributed by atoms with van der Waals surface area (Å²) in [5.74, 6) is 0.724. The highest BCUT2D eigenvalue weighted by Gasteiger charge is 2.17. The van der Waals surface area contributed by atoms with Gasteiger partial charge in [0.1, 0.15) is 11.5 Å². The molecule has 0 aliphatic heterocycles. The first kappa shape index (κ1) is 16.5. The Balaban J connectivity index is 2.07. The maximum atomic E-state index is 12.2. The average Bonchev–Trinajstić information content (AvgIpc) is 2.47. The van der Waals surface area contributed by atoms with Gasteiger partial charge in [0.2, 0.25) is 0 Å². The number of carbonyl (C=O) groups is 1. The van der Waals surface area contributed by atoms with E-state index in [1.165, 1.54) is 7.11 Å². The molecule has 1 N–H and O–H groups in total. The minimum atomic E-state index is -0.706. The number of ether oxygens (including phenoxy) is 2. The van der Waals surface area contributed by atoms with E-state index in [0.29, 0.717) is 27.2 Å². The third-order valence-electron chi connectivity index (χ3n) is 2.90. The van der Waals surface area contributed by atoms with Gasteiger partial charge in [-0.25, -0.2) is 0 Å². The molecule has 22 heavy (non-hydrogen) atoms. The van der Waals surface area contributed by atoms with E-state index in [0.717, 1.165) is 0 Å². The zero-order chi connectivity index (χ0) is 16.1. The van der Waals surface area contributed by atoms with Gasteiger partial charge < -0.3 is 14.8 Å². The molecule has 116 valence electrons. The van der Waals surface area contributed by atoms with E-state index in [9.17, 15) is 4.79 Å². The fourth-order valence-corrected chi connectivity index (χ4v) is 2.16. The van der Waals surface area contributed by atoms with Gasteiger partial charge >= 0.3 is 0 Å². The highest BCUT2D eigenvalue weighted by atomic mass is 35.5. The van der Waals surface area contributed by atoms with Gasteiger partial charge in [0.15, 0.2) is 6.10 Å². The molecule has 0 fully saturated rings. The lowest BCUT2D eigenvalue weighted by atomic mass is 10.2. The Kier molecular flexibility index (Phi) is 5.52. The molecular formula is C16H15Cl2NO3. The molecule has 0 saturated heterocycles. The molecule has 2 aromatic carbocycles. The van der Waals surface area contributed by atoms with Crippen molar-refractivity contribution < 1.29 is 14.3 Å². The smallest absolute Gasteiger partial charge is 0.265 e. The molecular weight excluding hydrogens is 325 g/mol. The highest BCUT2D eigenvalue weighted by Crippen LogP contribution is 2.28. The third kappa shape index (κ3) is 4.29. The zero-order valence-electron chi connectivity index (χ0n) is 12.1. The number of carbonyl (C=O) groups excluding carboxylic acids is 1. The van der Waals surface area contributed by atoms with E-state index in [4.69, 9.17) is 32.7 Å². The van der Waals surface area contributed by atoms with Gasteiger partial charge in [-0.2, -0.15) is 0 Å². The molecule has 1 amide bonds. The zero-order valence-corrected chi connectivity index (χ0v) is 13.6. The Labute approximate surface area is 138 Å². The number of methoxy groups -OCH3 is 1.